The Morgan fingerprint density at radius 3 is 2.96 bits per heavy atom. The van der Waals surface area contributed by atoms with E-state index in [1.54, 1.807) is 0 Å². The highest BCUT2D eigenvalue weighted by Gasteiger charge is 2.22. The van der Waals surface area contributed by atoms with Gasteiger partial charge in [0.1, 0.15) is 0 Å². The lowest BCUT2D eigenvalue weighted by Crippen LogP contribution is -2.35. The number of pyridine rings is 1. The van der Waals surface area contributed by atoms with Gasteiger partial charge in [-0.3, -0.25) is 14.6 Å². The second-order valence-corrected chi connectivity index (χ2v) is 8.24. The summed E-state index contributed by atoms with van der Waals surface area (Å²) in [7, 11) is 2.17. The van der Waals surface area contributed by atoms with Crippen LogP contribution in [0.2, 0.25) is 0 Å². The zero-order chi connectivity index (χ0) is 19.2. The number of ether oxygens (including phenoxy) is 1. The maximum atomic E-state index is 5.95. The molecule has 2 aromatic rings. The molecule has 0 amide bonds. The van der Waals surface area contributed by atoms with E-state index in [9.17, 15) is 0 Å². The van der Waals surface area contributed by atoms with Crippen LogP contribution in [0.5, 0.6) is 0 Å². The number of aromatic nitrogens is 3. The first-order chi connectivity index (χ1) is 13.8. The predicted molar refractivity (Wildman–Crippen MR) is 110 cm³/mol. The van der Waals surface area contributed by atoms with Crippen molar-refractivity contribution in [1.82, 2.24) is 24.6 Å². The lowest BCUT2D eigenvalue weighted by atomic mass is 10.1. The minimum absolute atomic E-state index is 0.417. The quantitative estimate of drug-likeness (QED) is 0.736. The predicted octanol–water partition coefficient (Wildman–Crippen LogP) is 2.73. The van der Waals surface area contributed by atoms with Crippen molar-refractivity contribution in [2.45, 2.75) is 57.8 Å². The molecular formula is C22H33N5O. The monoisotopic (exact) mass is 383 g/mol. The molecule has 0 bridgehead atoms. The lowest BCUT2D eigenvalue weighted by Gasteiger charge is -2.28. The standard InChI is InChI=1S/C22H33N5O/c1-25(13-9-19-7-2-4-10-23-19)16-20-15-21-17-26(11-6-12-27(21)24-20)18-22-8-3-5-14-28-22/h2,4,7,10,15,22H,3,5-6,8-9,11-14,16-18H2,1H3. The number of nitrogens with zero attached hydrogens (tertiary/aromatic N) is 5. The van der Waals surface area contributed by atoms with Crippen LogP contribution in [0.25, 0.3) is 0 Å². The second-order valence-electron chi connectivity index (χ2n) is 8.24. The van der Waals surface area contributed by atoms with Gasteiger partial charge in [0.2, 0.25) is 0 Å². The molecule has 2 aliphatic heterocycles. The summed E-state index contributed by atoms with van der Waals surface area (Å²) in [5, 5.41) is 4.89. The topological polar surface area (TPSA) is 46.4 Å². The highest BCUT2D eigenvalue weighted by molar-refractivity contribution is 5.12. The Hall–Kier alpha value is -1.76. The molecule has 0 aromatic carbocycles. The largest absolute Gasteiger partial charge is 0.377 e. The van der Waals surface area contributed by atoms with Crippen LogP contribution in [0.4, 0.5) is 0 Å². The summed E-state index contributed by atoms with van der Waals surface area (Å²) >= 11 is 0. The summed E-state index contributed by atoms with van der Waals surface area (Å²) in [6.07, 6.45) is 8.16. The van der Waals surface area contributed by atoms with Crippen molar-refractivity contribution in [3.8, 4) is 0 Å². The third kappa shape index (κ3) is 5.40. The molecule has 0 saturated carbocycles. The van der Waals surface area contributed by atoms with Gasteiger partial charge in [-0.05, 0) is 50.9 Å². The fourth-order valence-electron chi connectivity index (χ4n) is 4.27. The van der Waals surface area contributed by atoms with Gasteiger partial charge in [0, 0.05) is 64.2 Å². The van der Waals surface area contributed by atoms with Crippen LogP contribution in [0, 0.1) is 0 Å². The smallest absolute Gasteiger partial charge is 0.0768 e. The van der Waals surface area contributed by atoms with Gasteiger partial charge in [-0.15, -0.1) is 0 Å². The number of aryl methyl sites for hydroxylation is 1. The average molecular weight is 384 g/mol. The maximum Gasteiger partial charge on any atom is 0.0768 e. The third-order valence-corrected chi connectivity index (χ3v) is 5.79. The Labute approximate surface area is 168 Å². The van der Waals surface area contributed by atoms with Crippen LogP contribution in [0.3, 0.4) is 0 Å². The van der Waals surface area contributed by atoms with Crippen molar-refractivity contribution in [2.75, 3.05) is 33.3 Å². The zero-order valence-corrected chi connectivity index (χ0v) is 17.1. The van der Waals surface area contributed by atoms with Crippen molar-refractivity contribution < 1.29 is 4.74 Å². The zero-order valence-electron chi connectivity index (χ0n) is 17.1. The fraction of sp³-hybridized carbons (Fsp3) is 0.636. The van der Waals surface area contributed by atoms with E-state index in [-0.39, 0.29) is 0 Å². The molecule has 1 fully saturated rings. The van der Waals surface area contributed by atoms with E-state index in [0.29, 0.717) is 6.10 Å². The molecular weight excluding hydrogens is 350 g/mol. The van der Waals surface area contributed by atoms with Crippen molar-refractivity contribution >= 4 is 0 Å². The van der Waals surface area contributed by atoms with Crippen LogP contribution in [-0.2, 0) is 30.8 Å². The van der Waals surface area contributed by atoms with E-state index in [1.165, 1.54) is 30.7 Å². The van der Waals surface area contributed by atoms with Crippen LogP contribution in [0.1, 0.15) is 42.8 Å². The third-order valence-electron chi connectivity index (χ3n) is 5.79. The molecule has 4 rings (SSSR count). The highest BCUT2D eigenvalue weighted by Crippen LogP contribution is 2.19. The van der Waals surface area contributed by atoms with Gasteiger partial charge in [0.05, 0.1) is 17.5 Å². The molecule has 1 atom stereocenters. The first-order valence-electron chi connectivity index (χ1n) is 10.7. The van der Waals surface area contributed by atoms with E-state index in [2.05, 4.69) is 44.7 Å². The lowest BCUT2D eigenvalue weighted by molar-refractivity contribution is -0.00689. The van der Waals surface area contributed by atoms with Crippen LogP contribution in [-0.4, -0.2) is 64.0 Å². The van der Waals surface area contributed by atoms with Gasteiger partial charge in [-0.1, -0.05) is 6.07 Å². The molecule has 1 saturated heterocycles. The van der Waals surface area contributed by atoms with Gasteiger partial charge >= 0.3 is 0 Å². The minimum atomic E-state index is 0.417. The number of hydrogen-bond donors (Lipinski definition) is 0. The molecule has 6 heteroatoms. The van der Waals surface area contributed by atoms with Crippen molar-refractivity contribution in [1.29, 1.82) is 0 Å². The molecule has 6 nitrogen and oxygen atoms in total. The molecule has 2 aromatic heterocycles. The molecule has 0 radical (unpaired) electrons. The molecule has 4 heterocycles. The molecule has 0 aliphatic carbocycles. The molecule has 1 unspecified atom stereocenters. The minimum Gasteiger partial charge on any atom is -0.377 e. The SMILES string of the molecule is CN(CCc1ccccn1)Cc1cc2n(n1)CCCN(CC1CCCCO1)C2. The summed E-state index contributed by atoms with van der Waals surface area (Å²) in [5.74, 6) is 0. The summed E-state index contributed by atoms with van der Waals surface area (Å²) in [6.45, 7) is 7.03. The number of likely N-dealkylation sites (N-methyl/N-ethyl adjacent to an activating group) is 1. The van der Waals surface area contributed by atoms with Crippen LogP contribution < -0.4 is 0 Å². The summed E-state index contributed by atoms with van der Waals surface area (Å²) in [4.78, 5) is 9.31. The molecule has 0 N–H and O–H groups in total. The van der Waals surface area contributed by atoms with E-state index in [1.807, 2.05) is 12.3 Å². The Morgan fingerprint density at radius 2 is 2.14 bits per heavy atom. The number of rotatable bonds is 7. The van der Waals surface area contributed by atoms with Gasteiger partial charge in [0.15, 0.2) is 0 Å². The van der Waals surface area contributed by atoms with Gasteiger partial charge < -0.3 is 9.64 Å². The summed E-state index contributed by atoms with van der Waals surface area (Å²) in [5.41, 5.74) is 3.67. The van der Waals surface area contributed by atoms with Crippen LogP contribution in [0.15, 0.2) is 30.5 Å². The molecule has 2 aliphatic rings. The molecule has 28 heavy (non-hydrogen) atoms. The summed E-state index contributed by atoms with van der Waals surface area (Å²) in [6, 6.07) is 8.42. The second kappa shape index (κ2) is 9.63. The first-order valence-corrected chi connectivity index (χ1v) is 10.7. The van der Waals surface area contributed by atoms with Crippen molar-refractivity contribution in [3.05, 3.63) is 47.5 Å². The Kier molecular flexibility index (Phi) is 6.73. The summed E-state index contributed by atoms with van der Waals surface area (Å²) < 4.78 is 8.18. The van der Waals surface area contributed by atoms with Gasteiger partial charge in [-0.25, -0.2) is 0 Å². The Bertz CT molecular complexity index is 726. The van der Waals surface area contributed by atoms with Crippen molar-refractivity contribution in [2.24, 2.45) is 0 Å². The number of hydrogen-bond acceptors (Lipinski definition) is 5. The van der Waals surface area contributed by atoms with Crippen molar-refractivity contribution in [3.63, 3.8) is 0 Å². The first kappa shape index (κ1) is 19.6. The molecule has 0 spiro atoms. The van der Waals surface area contributed by atoms with Gasteiger partial charge in [-0.2, -0.15) is 5.10 Å². The number of fused-ring (bicyclic) bond motifs is 1. The van der Waals surface area contributed by atoms with E-state index < -0.39 is 0 Å². The maximum absolute atomic E-state index is 5.95. The molecule has 152 valence electrons. The normalized spacial score (nSPS) is 20.9. The highest BCUT2D eigenvalue weighted by atomic mass is 16.5. The fourth-order valence-corrected chi connectivity index (χ4v) is 4.27. The van der Waals surface area contributed by atoms with Gasteiger partial charge in [0.25, 0.3) is 0 Å². The van der Waals surface area contributed by atoms with Crippen LogP contribution >= 0.6 is 0 Å². The van der Waals surface area contributed by atoms with E-state index in [4.69, 9.17) is 9.84 Å². The van der Waals surface area contributed by atoms with E-state index in [0.717, 1.165) is 64.4 Å². The Balaban J connectivity index is 1.30. The average Bonchev–Trinajstić information content (AvgIpc) is 2.99. The Morgan fingerprint density at radius 1 is 1.18 bits per heavy atom. The van der Waals surface area contributed by atoms with E-state index >= 15 is 0 Å².